The van der Waals surface area contributed by atoms with Crippen LogP contribution in [0.15, 0.2) is 73.2 Å². The number of aromatic nitrogens is 4. The van der Waals surface area contributed by atoms with Gasteiger partial charge in [-0.2, -0.15) is 0 Å². The maximum absolute atomic E-state index is 13.9. The first-order valence-electron chi connectivity index (χ1n) is 9.62. The van der Waals surface area contributed by atoms with Gasteiger partial charge in [0.2, 0.25) is 0 Å². The number of pyridine rings is 1. The van der Waals surface area contributed by atoms with Crippen molar-refractivity contribution in [2.45, 2.75) is 19.5 Å². The van der Waals surface area contributed by atoms with E-state index in [0.717, 1.165) is 16.7 Å². The number of hydrogen-bond acceptors (Lipinski definition) is 4. The third-order valence-electron chi connectivity index (χ3n) is 4.97. The summed E-state index contributed by atoms with van der Waals surface area (Å²) in [5.74, 6) is -1.82. The van der Waals surface area contributed by atoms with Gasteiger partial charge >= 0.3 is 0 Å². The zero-order valence-electron chi connectivity index (χ0n) is 16.7. The highest BCUT2D eigenvalue weighted by molar-refractivity contribution is 5.92. The monoisotopic (exact) mass is 419 g/mol. The van der Waals surface area contributed by atoms with Crippen LogP contribution in [0.2, 0.25) is 0 Å². The minimum absolute atomic E-state index is 0.0457. The molecule has 156 valence electrons. The van der Waals surface area contributed by atoms with Crippen LogP contribution < -0.4 is 5.32 Å². The number of carbonyl (C=O) groups is 1. The largest absolute Gasteiger partial charge is 0.340 e. The molecule has 4 rings (SSSR count). The van der Waals surface area contributed by atoms with Crippen LogP contribution in [0.1, 0.15) is 38.8 Å². The molecule has 0 fully saturated rings. The molecule has 6 nitrogen and oxygen atoms in total. The van der Waals surface area contributed by atoms with Crippen molar-refractivity contribution in [3.63, 3.8) is 0 Å². The number of aryl methyl sites for hydroxylation is 1. The van der Waals surface area contributed by atoms with Crippen LogP contribution in [-0.2, 0) is 6.54 Å². The lowest BCUT2D eigenvalue weighted by molar-refractivity contribution is 0.0937. The molecule has 4 aromatic rings. The number of nitrogens with zero attached hydrogens (tertiary/aromatic N) is 4. The van der Waals surface area contributed by atoms with E-state index in [9.17, 15) is 13.6 Å². The second-order valence-corrected chi connectivity index (χ2v) is 7.05. The first-order chi connectivity index (χ1) is 15.0. The van der Waals surface area contributed by atoms with Gasteiger partial charge in [0.1, 0.15) is 11.6 Å². The number of rotatable bonds is 6. The second-order valence-electron chi connectivity index (χ2n) is 7.05. The molecule has 1 amide bonds. The predicted molar refractivity (Wildman–Crippen MR) is 110 cm³/mol. The fourth-order valence-electron chi connectivity index (χ4n) is 3.34. The zero-order valence-corrected chi connectivity index (χ0v) is 16.7. The van der Waals surface area contributed by atoms with Gasteiger partial charge in [-0.25, -0.2) is 13.5 Å². The van der Waals surface area contributed by atoms with Crippen LogP contribution in [0, 0.1) is 18.6 Å². The number of hydrogen-bond donors (Lipinski definition) is 1. The summed E-state index contributed by atoms with van der Waals surface area (Å²) < 4.78 is 29.0. The molecule has 2 aromatic heterocycles. The maximum Gasteiger partial charge on any atom is 0.274 e. The van der Waals surface area contributed by atoms with E-state index in [0.29, 0.717) is 0 Å². The molecular weight excluding hydrogens is 400 g/mol. The van der Waals surface area contributed by atoms with Crippen molar-refractivity contribution >= 4 is 5.91 Å². The van der Waals surface area contributed by atoms with E-state index < -0.39 is 23.6 Å². The SMILES string of the molecule is Cc1ccccc1[C@H](NC(=O)c1cn(Cc2c(F)cccc2F)nn1)c1ccncc1. The predicted octanol–water partition coefficient (Wildman–Crippen LogP) is 3.83. The molecule has 1 atom stereocenters. The van der Waals surface area contributed by atoms with Crippen molar-refractivity contribution < 1.29 is 13.6 Å². The highest BCUT2D eigenvalue weighted by Gasteiger charge is 2.21. The van der Waals surface area contributed by atoms with Gasteiger partial charge in [0.15, 0.2) is 5.69 Å². The Kier molecular flexibility index (Phi) is 5.79. The van der Waals surface area contributed by atoms with Crippen LogP contribution in [0.3, 0.4) is 0 Å². The summed E-state index contributed by atoms with van der Waals surface area (Å²) in [6, 6.07) is 14.6. The Morgan fingerprint density at radius 2 is 1.74 bits per heavy atom. The average Bonchev–Trinajstić information content (AvgIpc) is 3.25. The van der Waals surface area contributed by atoms with E-state index >= 15 is 0 Å². The lowest BCUT2D eigenvalue weighted by Gasteiger charge is -2.21. The highest BCUT2D eigenvalue weighted by atomic mass is 19.1. The fourth-order valence-corrected chi connectivity index (χ4v) is 3.34. The second kappa shape index (κ2) is 8.83. The van der Waals surface area contributed by atoms with E-state index in [2.05, 4.69) is 20.6 Å². The third kappa shape index (κ3) is 4.48. The van der Waals surface area contributed by atoms with Crippen molar-refractivity contribution in [2.75, 3.05) is 0 Å². The van der Waals surface area contributed by atoms with E-state index in [1.165, 1.54) is 29.1 Å². The third-order valence-corrected chi connectivity index (χ3v) is 4.97. The molecule has 0 saturated carbocycles. The molecular formula is C23H19F2N5O. The summed E-state index contributed by atoms with van der Waals surface area (Å²) in [6.07, 6.45) is 4.68. The highest BCUT2D eigenvalue weighted by Crippen LogP contribution is 2.25. The Balaban J connectivity index is 1.58. The van der Waals surface area contributed by atoms with Gasteiger partial charge in [0.25, 0.3) is 5.91 Å². The first-order valence-corrected chi connectivity index (χ1v) is 9.62. The van der Waals surface area contributed by atoms with Gasteiger partial charge in [0, 0.05) is 18.0 Å². The molecule has 0 aliphatic rings. The Morgan fingerprint density at radius 1 is 1.03 bits per heavy atom. The Bertz CT molecular complexity index is 1190. The first kappa shape index (κ1) is 20.3. The summed E-state index contributed by atoms with van der Waals surface area (Å²) in [5.41, 5.74) is 2.71. The van der Waals surface area contributed by atoms with Crippen LogP contribution in [0.4, 0.5) is 8.78 Å². The Morgan fingerprint density at radius 3 is 2.45 bits per heavy atom. The number of amides is 1. The van der Waals surface area contributed by atoms with Crippen LogP contribution in [0.5, 0.6) is 0 Å². The molecule has 0 radical (unpaired) electrons. The summed E-state index contributed by atoms with van der Waals surface area (Å²) in [6.45, 7) is 1.79. The van der Waals surface area contributed by atoms with Gasteiger partial charge in [-0.05, 0) is 47.9 Å². The molecule has 0 aliphatic carbocycles. The molecule has 0 spiro atoms. The standard InChI is InChI=1S/C23H19F2N5O/c1-15-5-2-3-6-17(15)22(16-9-11-26-12-10-16)27-23(31)21-14-30(29-28-21)13-18-19(24)7-4-8-20(18)25/h2-12,14,22H,13H2,1H3,(H,27,31)/t22-/m1/s1. The molecule has 0 bridgehead atoms. The summed E-state index contributed by atoms with van der Waals surface area (Å²) in [5, 5.41) is 10.7. The lowest BCUT2D eigenvalue weighted by Crippen LogP contribution is -2.30. The summed E-state index contributed by atoms with van der Waals surface area (Å²) in [4.78, 5) is 17.0. The maximum atomic E-state index is 13.9. The van der Waals surface area contributed by atoms with Gasteiger partial charge in [0.05, 0.1) is 18.8 Å². The minimum atomic E-state index is -0.682. The molecule has 0 aliphatic heterocycles. The smallest absolute Gasteiger partial charge is 0.274 e. The van der Waals surface area contributed by atoms with Crippen molar-refractivity contribution in [1.29, 1.82) is 0 Å². The van der Waals surface area contributed by atoms with Gasteiger partial charge < -0.3 is 5.32 Å². The molecule has 31 heavy (non-hydrogen) atoms. The Hall–Kier alpha value is -3.94. The van der Waals surface area contributed by atoms with E-state index in [4.69, 9.17) is 0 Å². The molecule has 0 saturated heterocycles. The van der Waals surface area contributed by atoms with Crippen LogP contribution in [0.25, 0.3) is 0 Å². The van der Waals surface area contributed by atoms with Crippen LogP contribution in [-0.4, -0.2) is 25.9 Å². The van der Waals surface area contributed by atoms with E-state index in [1.807, 2.05) is 43.3 Å². The normalized spacial score (nSPS) is 11.8. The minimum Gasteiger partial charge on any atom is -0.340 e. The number of nitrogens with one attached hydrogen (secondary N) is 1. The molecule has 0 unspecified atom stereocenters. The number of benzene rings is 2. The average molecular weight is 419 g/mol. The summed E-state index contributed by atoms with van der Waals surface area (Å²) in [7, 11) is 0. The zero-order chi connectivity index (χ0) is 21.8. The van der Waals surface area contributed by atoms with Crippen molar-refractivity contribution in [2.24, 2.45) is 0 Å². The van der Waals surface area contributed by atoms with Crippen molar-refractivity contribution in [1.82, 2.24) is 25.3 Å². The molecule has 8 heteroatoms. The topological polar surface area (TPSA) is 72.7 Å². The van der Waals surface area contributed by atoms with Gasteiger partial charge in [-0.1, -0.05) is 35.5 Å². The molecule has 2 aromatic carbocycles. The quantitative estimate of drug-likeness (QED) is 0.516. The summed E-state index contributed by atoms with van der Waals surface area (Å²) >= 11 is 0. The van der Waals surface area contributed by atoms with E-state index in [-0.39, 0.29) is 17.8 Å². The molecule has 1 N–H and O–H groups in total. The van der Waals surface area contributed by atoms with Crippen LogP contribution >= 0.6 is 0 Å². The van der Waals surface area contributed by atoms with Crippen molar-refractivity contribution in [3.8, 4) is 0 Å². The van der Waals surface area contributed by atoms with Crippen molar-refractivity contribution in [3.05, 3.63) is 113 Å². The Labute approximate surface area is 177 Å². The van der Waals surface area contributed by atoms with Gasteiger partial charge in [-0.15, -0.1) is 5.10 Å². The van der Waals surface area contributed by atoms with E-state index in [1.54, 1.807) is 12.4 Å². The number of halogens is 2. The molecule has 2 heterocycles. The van der Waals surface area contributed by atoms with Gasteiger partial charge in [-0.3, -0.25) is 9.78 Å². The number of carbonyl (C=O) groups excluding carboxylic acids is 1. The lowest BCUT2D eigenvalue weighted by atomic mass is 9.95. The fraction of sp³-hybridized carbons (Fsp3) is 0.130.